The van der Waals surface area contributed by atoms with Crippen LogP contribution < -0.4 is 5.73 Å². The average Bonchev–Trinajstić information content (AvgIpc) is 2.94. The van der Waals surface area contributed by atoms with Crippen molar-refractivity contribution in [1.82, 2.24) is 4.57 Å². The van der Waals surface area contributed by atoms with Gasteiger partial charge in [-0.3, -0.25) is 0 Å². The highest BCUT2D eigenvalue weighted by Crippen LogP contribution is 2.41. The zero-order valence-corrected chi connectivity index (χ0v) is 13.9. The highest BCUT2D eigenvalue weighted by atomic mass is 17.2. The minimum Gasteiger partial charge on any atom is -0.338 e. The van der Waals surface area contributed by atoms with Crippen LogP contribution in [0.2, 0.25) is 0 Å². The van der Waals surface area contributed by atoms with Crippen molar-refractivity contribution in [1.29, 1.82) is 0 Å². The normalized spacial score (nSPS) is 16.7. The summed E-state index contributed by atoms with van der Waals surface area (Å²) in [7, 11) is 1.54. The Balaban J connectivity index is 1.97. The van der Waals surface area contributed by atoms with E-state index in [0.29, 0.717) is 6.61 Å². The van der Waals surface area contributed by atoms with E-state index in [0.717, 1.165) is 19.4 Å². The second-order valence-corrected chi connectivity index (χ2v) is 6.22. The van der Waals surface area contributed by atoms with Crippen molar-refractivity contribution in [2.75, 3.05) is 13.7 Å². The lowest BCUT2D eigenvalue weighted by atomic mass is 9.87. The van der Waals surface area contributed by atoms with Gasteiger partial charge in [-0.05, 0) is 35.6 Å². The SMILES string of the molecule is COOCCn1c(-c2ccccc2)c2c3c(cccc31)C(N)CC2. The van der Waals surface area contributed by atoms with E-state index in [1.54, 1.807) is 7.11 Å². The van der Waals surface area contributed by atoms with Crippen molar-refractivity contribution < 1.29 is 9.78 Å². The van der Waals surface area contributed by atoms with Crippen molar-refractivity contribution in [3.63, 3.8) is 0 Å². The van der Waals surface area contributed by atoms with Crippen LogP contribution >= 0.6 is 0 Å². The van der Waals surface area contributed by atoms with Crippen LogP contribution in [0.15, 0.2) is 48.5 Å². The average molecular weight is 322 g/mol. The molecule has 0 saturated carbocycles. The number of aromatic nitrogens is 1. The van der Waals surface area contributed by atoms with Crippen molar-refractivity contribution >= 4 is 10.9 Å². The Kier molecular flexibility index (Phi) is 4.10. The molecule has 1 heterocycles. The van der Waals surface area contributed by atoms with Crippen molar-refractivity contribution in [2.24, 2.45) is 5.73 Å². The molecule has 1 atom stereocenters. The van der Waals surface area contributed by atoms with Crippen LogP contribution in [-0.4, -0.2) is 18.3 Å². The zero-order chi connectivity index (χ0) is 16.5. The van der Waals surface area contributed by atoms with Gasteiger partial charge in [-0.15, -0.1) is 0 Å². The van der Waals surface area contributed by atoms with E-state index in [9.17, 15) is 0 Å². The zero-order valence-electron chi connectivity index (χ0n) is 13.9. The van der Waals surface area contributed by atoms with Crippen LogP contribution in [0.5, 0.6) is 0 Å². The second kappa shape index (κ2) is 6.40. The molecule has 4 heteroatoms. The predicted octanol–water partition coefficient (Wildman–Crippen LogP) is 3.83. The van der Waals surface area contributed by atoms with Crippen LogP contribution in [-0.2, 0) is 22.7 Å². The fourth-order valence-corrected chi connectivity index (χ4v) is 3.89. The maximum atomic E-state index is 6.37. The van der Waals surface area contributed by atoms with Gasteiger partial charge in [0.05, 0.1) is 12.8 Å². The van der Waals surface area contributed by atoms with Crippen LogP contribution in [0.4, 0.5) is 0 Å². The smallest absolute Gasteiger partial charge is 0.100 e. The van der Waals surface area contributed by atoms with Crippen molar-refractivity contribution in [2.45, 2.75) is 25.4 Å². The molecule has 0 fully saturated rings. The van der Waals surface area contributed by atoms with Crippen molar-refractivity contribution in [3.05, 3.63) is 59.7 Å². The lowest BCUT2D eigenvalue weighted by Crippen LogP contribution is -2.15. The van der Waals surface area contributed by atoms with Gasteiger partial charge in [-0.1, -0.05) is 42.5 Å². The molecule has 24 heavy (non-hydrogen) atoms. The van der Waals surface area contributed by atoms with Crippen LogP contribution in [0.1, 0.15) is 23.6 Å². The predicted molar refractivity (Wildman–Crippen MR) is 95.6 cm³/mol. The van der Waals surface area contributed by atoms with Crippen LogP contribution in [0, 0.1) is 0 Å². The summed E-state index contributed by atoms with van der Waals surface area (Å²) in [6.07, 6.45) is 2.00. The van der Waals surface area contributed by atoms with Gasteiger partial charge in [-0.25, -0.2) is 9.78 Å². The lowest BCUT2D eigenvalue weighted by Gasteiger charge is -2.20. The first-order valence-electron chi connectivity index (χ1n) is 8.42. The van der Waals surface area contributed by atoms with E-state index in [4.69, 9.17) is 15.5 Å². The lowest BCUT2D eigenvalue weighted by molar-refractivity contribution is -0.273. The molecule has 0 bridgehead atoms. The molecular weight excluding hydrogens is 300 g/mol. The molecule has 0 amide bonds. The first kappa shape index (κ1) is 15.4. The maximum Gasteiger partial charge on any atom is 0.100 e. The van der Waals surface area contributed by atoms with Gasteiger partial charge >= 0.3 is 0 Å². The summed E-state index contributed by atoms with van der Waals surface area (Å²) in [5, 5.41) is 1.33. The van der Waals surface area contributed by atoms with Crippen molar-refractivity contribution in [3.8, 4) is 11.3 Å². The summed E-state index contributed by atoms with van der Waals surface area (Å²) < 4.78 is 2.35. The third-order valence-electron chi connectivity index (χ3n) is 4.89. The van der Waals surface area contributed by atoms with Gasteiger partial charge in [0.2, 0.25) is 0 Å². The second-order valence-electron chi connectivity index (χ2n) is 6.22. The Morgan fingerprint density at radius 1 is 1.12 bits per heavy atom. The van der Waals surface area contributed by atoms with Crippen LogP contribution in [0.25, 0.3) is 22.2 Å². The minimum absolute atomic E-state index is 0.121. The first-order chi connectivity index (χ1) is 11.8. The highest BCUT2D eigenvalue weighted by molar-refractivity contribution is 5.95. The molecule has 4 rings (SSSR count). The van der Waals surface area contributed by atoms with Gasteiger partial charge < -0.3 is 10.3 Å². The standard InChI is InChI=1S/C20H22N2O2/c1-23-24-13-12-22-18-9-5-8-15-17(21)11-10-16(19(15)18)20(22)14-6-3-2-4-7-14/h2-9,17H,10-13,21H2,1H3. The van der Waals surface area contributed by atoms with E-state index < -0.39 is 0 Å². The van der Waals surface area contributed by atoms with E-state index in [2.05, 4.69) is 53.1 Å². The Morgan fingerprint density at radius 3 is 2.75 bits per heavy atom. The highest BCUT2D eigenvalue weighted by Gasteiger charge is 2.26. The summed E-state index contributed by atoms with van der Waals surface area (Å²) >= 11 is 0. The molecule has 0 radical (unpaired) electrons. The molecule has 1 aromatic heterocycles. The summed E-state index contributed by atoms with van der Waals surface area (Å²) in [5.74, 6) is 0. The Morgan fingerprint density at radius 2 is 1.96 bits per heavy atom. The fraction of sp³-hybridized carbons (Fsp3) is 0.300. The molecule has 1 aliphatic rings. The third-order valence-corrected chi connectivity index (χ3v) is 4.89. The van der Waals surface area contributed by atoms with Gasteiger partial charge in [0.25, 0.3) is 0 Å². The summed E-state index contributed by atoms with van der Waals surface area (Å²) in [5.41, 5.74) is 12.8. The summed E-state index contributed by atoms with van der Waals surface area (Å²) in [6, 6.07) is 17.2. The third kappa shape index (κ3) is 2.44. The number of hydrogen-bond donors (Lipinski definition) is 1. The topological polar surface area (TPSA) is 49.4 Å². The molecule has 1 aliphatic carbocycles. The first-order valence-corrected chi connectivity index (χ1v) is 8.42. The van der Waals surface area contributed by atoms with E-state index in [-0.39, 0.29) is 6.04 Å². The molecule has 2 N–H and O–H groups in total. The number of aryl methyl sites for hydroxylation is 1. The molecule has 0 aliphatic heterocycles. The molecule has 0 spiro atoms. The summed E-state index contributed by atoms with van der Waals surface area (Å²) in [6.45, 7) is 1.25. The molecule has 3 aromatic rings. The van der Waals surface area contributed by atoms with E-state index in [1.165, 1.54) is 33.3 Å². The number of rotatable bonds is 5. The van der Waals surface area contributed by atoms with Gasteiger partial charge in [-0.2, -0.15) is 0 Å². The van der Waals surface area contributed by atoms with E-state index >= 15 is 0 Å². The number of nitrogens with two attached hydrogens (primary N) is 1. The van der Waals surface area contributed by atoms with E-state index in [1.807, 2.05) is 0 Å². The molecule has 0 saturated heterocycles. The molecule has 1 unspecified atom stereocenters. The Labute approximate surface area is 141 Å². The molecule has 124 valence electrons. The van der Waals surface area contributed by atoms with Gasteiger partial charge in [0.15, 0.2) is 0 Å². The number of hydrogen-bond acceptors (Lipinski definition) is 3. The number of benzene rings is 2. The quantitative estimate of drug-likeness (QED) is 0.441. The Hall–Kier alpha value is -2.14. The van der Waals surface area contributed by atoms with Gasteiger partial charge in [0, 0.05) is 23.5 Å². The fourth-order valence-electron chi connectivity index (χ4n) is 3.89. The molecular formula is C20H22N2O2. The number of nitrogens with zero attached hydrogens (tertiary/aromatic N) is 1. The minimum atomic E-state index is 0.121. The molecule has 4 nitrogen and oxygen atoms in total. The monoisotopic (exact) mass is 322 g/mol. The van der Waals surface area contributed by atoms with Crippen LogP contribution in [0.3, 0.4) is 0 Å². The molecule has 2 aromatic carbocycles. The Bertz CT molecular complexity index is 855. The maximum absolute atomic E-state index is 6.37. The summed E-state index contributed by atoms with van der Waals surface area (Å²) in [4.78, 5) is 9.92. The largest absolute Gasteiger partial charge is 0.338 e. The van der Waals surface area contributed by atoms with Gasteiger partial charge in [0.1, 0.15) is 6.61 Å².